The molecule has 0 radical (unpaired) electrons. The van der Waals surface area contributed by atoms with Crippen molar-refractivity contribution in [2.45, 2.75) is 13.3 Å². The second-order valence-electron chi connectivity index (χ2n) is 4.94. The number of rotatable bonds is 3. The van der Waals surface area contributed by atoms with Crippen LogP contribution >= 0.6 is 23.2 Å². The van der Waals surface area contributed by atoms with Gasteiger partial charge in [0.05, 0.1) is 0 Å². The highest BCUT2D eigenvalue weighted by Gasteiger charge is 2.15. The first-order valence-electron chi connectivity index (χ1n) is 6.51. The van der Waals surface area contributed by atoms with Crippen molar-refractivity contribution < 1.29 is 9.21 Å². The number of halogens is 2. The largest absolute Gasteiger partial charge is 0.453 e. The van der Waals surface area contributed by atoms with Gasteiger partial charge in [0.1, 0.15) is 5.58 Å². The van der Waals surface area contributed by atoms with Crippen LogP contribution in [0.15, 0.2) is 46.9 Å². The van der Waals surface area contributed by atoms with E-state index < -0.39 is 0 Å². The lowest BCUT2D eigenvalue weighted by atomic mass is 10.1. The van der Waals surface area contributed by atoms with Gasteiger partial charge in [0.2, 0.25) is 5.78 Å². The third kappa shape index (κ3) is 2.82. The number of furan rings is 1. The Hall–Kier alpha value is -1.77. The van der Waals surface area contributed by atoms with Crippen LogP contribution in [0, 0.1) is 6.92 Å². The first-order valence-corrected chi connectivity index (χ1v) is 7.26. The van der Waals surface area contributed by atoms with E-state index in [1.165, 1.54) is 0 Å². The Morgan fingerprint density at radius 2 is 1.95 bits per heavy atom. The van der Waals surface area contributed by atoms with Crippen LogP contribution in [0.1, 0.15) is 21.7 Å². The summed E-state index contributed by atoms with van der Waals surface area (Å²) in [5.74, 6) is 0.250. The Kier molecular flexibility index (Phi) is 3.75. The highest BCUT2D eigenvalue weighted by atomic mass is 35.5. The van der Waals surface area contributed by atoms with E-state index in [0.717, 1.165) is 22.1 Å². The molecule has 0 amide bonds. The van der Waals surface area contributed by atoms with Crippen molar-refractivity contribution in [2.75, 3.05) is 0 Å². The van der Waals surface area contributed by atoms with Crippen LogP contribution in [0.2, 0.25) is 10.0 Å². The SMILES string of the molecule is Cc1cccc2cc(C(=O)Cc3ccc(Cl)cc3Cl)oc12. The predicted octanol–water partition coefficient (Wildman–Crippen LogP) is 5.47. The van der Waals surface area contributed by atoms with E-state index in [1.807, 2.05) is 25.1 Å². The standard InChI is InChI=1S/C17H12Cl2O2/c1-10-3-2-4-12-8-16(21-17(10)12)15(20)7-11-5-6-13(18)9-14(11)19/h2-6,8-9H,7H2,1H3. The molecule has 1 heterocycles. The highest BCUT2D eigenvalue weighted by molar-refractivity contribution is 6.35. The summed E-state index contributed by atoms with van der Waals surface area (Å²) in [5, 5.41) is 1.97. The number of ketones is 1. The van der Waals surface area contributed by atoms with E-state index in [4.69, 9.17) is 27.6 Å². The molecule has 0 saturated heterocycles. The van der Waals surface area contributed by atoms with Crippen LogP contribution in [0.25, 0.3) is 11.0 Å². The average molecular weight is 319 g/mol. The van der Waals surface area contributed by atoms with Gasteiger partial charge in [-0.2, -0.15) is 0 Å². The molecule has 2 aromatic carbocycles. The van der Waals surface area contributed by atoms with E-state index in [9.17, 15) is 4.79 Å². The smallest absolute Gasteiger partial charge is 0.202 e. The van der Waals surface area contributed by atoms with Crippen LogP contribution in [-0.4, -0.2) is 5.78 Å². The summed E-state index contributed by atoms with van der Waals surface area (Å²) in [4.78, 5) is 12.3. The molecular formula is C17H12Cl2O2. The van der Waals surface area contributed by atoms with Crippen molar-refractivity contribution in [3.8, 4) is 0 Å². The number of hydrogen-bond acceptors (Lipinski definition) is 2. The Morgan fingerprint density at radius 3 is 2.67 bits per heavy atom. The van der Waals surface area contributed by atoms with Crippen molar-refractivity contribution in [3.63, 3.8) is 0 Å². The normalized spacial score (nSPS) is 11.0. The molecule has 0 N–H and O–H groups in total. The lowest BCUT2D eigenvalue weighted by molar-refractivity contribution is 0.0968. The molecule has 0 fully saturated rings. The van der Waals surface area contributed by atoms with Gasteiger partial charge in [0.25, 0.3) is 0 Å². The van der Waals surface area contributed by atoms with Gasteiger partial charge in [-0.1, -0.05) is 47.5 Å². The van der Waals surface area contributed by atoms with Crippen molar-refractivity contribution in [1.82, 2.24) is 0 Å². The second-order valence-corrected chi connectivity index (χ2v) is 5.78. The number of Topliss-reactive ketones (excluding diaryl/α,β-unsaturated/α-hetero) is 1. The fraction of sp³-hybridized carbons (Fsp3) is 0.118. The summed E-state index contributed by atoms with van der Waals surface area (Å²) in [7, 11) is 0. The van der Waals surface area contributed by atoms with E-state index in [2.05, 4.69) is 0 Å². The van der Waals surface area contributed by atoms with Crippen LogP contribution in [0.4, 0.5) is 0 Å². The molecule has 0 aliphatic heterocycles. The average Bonchev–Trinajstić information content (AvgIpc) is 2.87. The third-order valence-corrected chi connectivity index (χ3v) is 3.97. The molecule has 0 aliphatic rings. The first-order chi connectivity index (χ1) is 10.0. The molecular weight excluding hydrogens is 307 g/mol. The number of para-hydroxylation sites is 1. The molecule has 0 saturated carbocycles. The van der Waals surface area contributed by atoms with Gasteiger partial charge in [-0.3, -0.25) is 4.79 Å². The maximum Gasteiger partial charge on any atom is 0.202 e. The summed E-state index contributed by atoms with van der Waals surface area (Å²) in [5.41, 5.74) is 2.50. The number of aryl methyl sites for hydroxylation is 1. The summed E-state index contributed by atoms with van der Waals surface area (Å²) < 4.78 is 5.68. The van der Waals surface area contributed by atoms with E-state index in [-0.39, 0.29) is 12.2 Å². The summed E-state index contributed by atoms with van der Waals surface area (Å²) >= 11 is 12.0. The number of benzene rings is 2. The van der Waals surface area contributed by atoms with Crippen LogP contribution in [0.3, 0.4) is 0 Å². The minimum atomic E-state index is -0.102. The maximum atomic E-state index is 12.3. The van der Waals surface area contributed by atoms with Gasteiger partial charge in [0.15, 0.2) is 5.76 Å². The molecule has 2 nitrogen and oxygen atoms in total. The summed E-state index contributed by atoms with van der Waals surface area (Å²) in [6.07, 6.45) is 0.189. The topological polar surface area (TPSA) is 30.2 Å². The molecule has 0 spiro atoms. The lowest BCUT2D eigenvalue weighted by Gasteiger charge is -2.02. The third-order valence-electron chi connectivity index (χ3n) is 3.38. The molecule has 3 aromatic rings. The Balaban J connectivity index is 1.92. The zero-order valence-electron chi connectivity index (χ0n) is 11.3. The Bertz CT molecular complexity index is 834. The van der Waals surface area contributed by atoms with E-state index in [0.29, 0.717) is 15.8 Å². The van der Waals surface area contributed by atoms with E-state index in [1.54, 1.807) is 24.3 Å². The molecule has 3 rings (SSSR count). The highest BCUT2D eigenvalue weighted by Crippen LogP contribution is 2.26. The monoisotopic (exact) mass is 318 g/mol. The summed E-state index contributed by atoms with van der Waals surface area (Å²) in [6.45, 7) is 1.95. The maximum absolute atomic E-state index is 12.3. The Labute approximate surface area is 132 Å². The first kappa shape index (κ1) is 14.2. The van der Waals surface area contributed by atoms with Gasteiger partial charge in [0, 0.05) is 21.9 Å². The second kappa shape index (κ2) is 5.55. The zero-order chi connectivity index (χ0) is 15.0. The molecule has 0 aliphatic carbocycles. The van der Waals surface area contributed by atoms with Crippen LogP contribution < -0.4 is 0 Å². The lowest BCUT2D eigenvalue weighted by Crippen LogP contribution is -2.02. The molecule has 4 heteroatoms. The Morgan fingerprint density at radius 1 is 1.14 bits per heavy atom. The predicted molar refractivity (Wildman–Crippen MR) is 85.4 cm³/mol. The van der Waals surface area contributed by atoms with Crippen molar-refractivity contribution in [2.24, 2.45) is 0 Å². The minimum Gasteiger partial charge on any atom is -0.453 e. The van der Waals surface area contributed by atoms with Crippen molar-refractivity contribution in [3.05, 3.63) is 69.4 Å². The summed E-state index contributed by atoms with van der Waals surface area (Å²) in [6, 6.07) is 12.7. The van der Waals surface area contributed by atoms with Gasteiger partial charge in [-0.15, -0.1) is 0 Å². The van der Waals surface area contributed by atoms with Crippen molar-refractivity contribution in [1.29, 1.82) is 0 Å². The fourth-order valence-corrected chi connectivity index (χ4v) is 2.75. The van der Waals surface area contributed by atoms with Gasteiger partial charge in [-0.25, -0.2) is 0 Å². The van der Waals surface area contributed by atoms with Gasteiger partial charge < -0.3 is 4.42 Å². The van der Waals surface area contributed by atoms with Crippen LogP contribution in [-0.2, 0) is 6.42 Å². The molecule has 106 valence electrons. The quantitative estimate of drug-likeness (QED) is 0.599. The van der Waals surface area contributed by atoms with Crippen molar-refractivity contribution >= 4 is 40.0 Å². The minimum absolute atomic E-state index is 0.102. The van der Waals surface area contributed by atoms with E-state index >= 15 is 0 Å². The fourth-order valence-electron chi connectivity index (χ4n) is 2.27. The zero-order valence-corrected chi connectivity index (χ0v) is 12.8. The number of fused-ring (bicyclic) bond motifs is 1. The molecule has 1 aromatic heterocycles. The number of hydrogen-bond donors (Lipinski definition) is 0. The molecule has 0 bridgehead atoms. The molecule has 0 atom stereocenters. The van der Waals surface area contributed by atoms with Gasteiger partial charge in [-0.05, 0) is 36.2 Å². The van der Waals surface area contributed by atoms with Gasteiger partial charge >= 0.3 is 0 Å². The molecule has 21 heavy (non-hydrogen) atoms. The van der Waals surface area contributed by atoms with Crippen LogP contribution in [0.5, 0.6) is 0 Å². The molecule has 0 unspecified atom stereocenters. The number of carbonyl (C=O) groups excluding carboxylic acids is 1. The number of carbonyl (C=O) groups is 1.